The summed E-state index contributed by atoms with van der Waals surface area (Å²) in [7, 11) is -3.42. The lowest BCUT2D eigenvalue weighted by Crippen LogP contribution is -2.39. The molecule has 1 saturated heterocycles. The van der Waals surface area contributed by atoms with Crippen LogP contribution < -0.4 is 4.72 Å². The molecule has 0 bridgehead atoms. The molecular formula is C20H28N2O2S2. The average Bonchev–Trinajstić information content (AvgIpc) is 3.17. The Labute approximate surface area is 161 Å². The molecule has 6 heteroatoms. The van der Waals surface area contributed by atoms with Crippen LogP contribution in [0.5, 0.6) is 0 Å². The Kier molecular flexibility index (Phi) is 6.51. The second-order valence-electron chi connectivity index (χ2n) is 7.25. The Bertz CT molecular complexity index is 776. The molecule has 0 amide bonds. The van der Waals surface area contributed by atoms with Gasteiger partial charge in [-0.1, -0.05) is 32.0 Å². The van der Waals surface area contributed by atoms with Crippen molar-refractivity contribution in [3.05, 3.63) is 52.2 Å². The van der Waals surface area contributed by atoms with Crippen molar-refractivity contribution in [2.75, 3.05) is 26.2 Å². The molecule has 3 rings (SSSR count). The Morgan fingerprint density at radius 2 is 1.85 bits per heavy atom. The number of piperidine rings is 1. The van der Waals surface area contributed by atoms with Gasteiger partial charge in [0.2, 0.25) is 10.0 Å². The highest BCUT2D eigenvalue weighted by Crippen LogP contribution is 2.30. The van der Waals surface area contributed by atoms with Gasteiger partial charge in [-0.25, -0.2) is 13.1 Å². The van der Waals surface area contributed by atoms with Crippen LogP contribution in [0, 0.1) is 0 Å². The molecule has 1 aliphatic heterocycles. The van der Waals surface area contributed by atoms with Gasteiger partial charge in [-0.15, -0.1) is 11.3 Å². The van der Waals surface area contributed by atoms with E-state index in [1.165, 1.54) is 4.88 Å². The fourth-order valence-electron chi connectivity index (χ4n) is 3.42. The zero-order valence-electron chi connectivity index (χ0n) is 15.5. The van der Waals surface area contributed by atoms with Crippen molar-refractivity contribution in [2.45, 2.75) is 43.4 Å². The van der Waals surface area contributed by atoms with Gasteiger partial charge in [-0.2, -0.15) is 0 Å². The maximum absolute atomic E-state index is 12.4. The van der Waals surface area contributed by atoms with Crippen molar-refractivity contribution in [1.82, 2.24) is 9.62 Å². The second kappa shape index (κ2) is 8.65. The highest BCUT2D eigenvalue weighted by Gasteiger charge is 2.21. The summed E-state index contributed by atoms with van der Waals surface area (Å²) in [6, 6.07) is 11.5. The van der Waals surface area contributed by atoms with Crippen molar-refractivity contribution in [1.29, 1.82) is 0 Å². The molecular weight excluding hydrogens is 364 g/mol. The lowest BCUT2D eigenvalue weighted by molar-refractivity contribution is 0.217. The lowest BCUT2D eigenvalue weighted by Gasteiger charge is -2.31. The molecule has 0 atom stereocenters. The first kappa shape index (κ1) is 19.5. The minimum Gasteiger partial charge on any atom is -0.302 e. The van der Waals surface area contributed by atoms with E-state index in [0.717, 1.165) is 38.0 Å². The standard InChI is InChI=1S/C20H28N2O2S2/c1-16(2)17-5-7-19(8-6-17)26(23,24)21-11-14-22-12-9-18(10-13-22)20-4-3-15-25-20/h3-8,15-16,18,21H,9-14H2,1-2H3. The second-order valence-corrected chi connectivity index (χ2v) is 10.00. The van der Waals surface area contributed by atoms with E-state index in [9.17, 15) is 8.42 Å². The van der Waals surface area contributed by atoms with Crippen molar-refractivity contribution in [3.8, 4) is 0 Å². The minimum atomic E-state index is -3.42. The number of sulfonamides is 1. The van der Waals surface area contributed by atoms with Gasteiger partial charge < -0.3 is 4.90 Å². The monoisotopic (exact) mass is 392 g/mol. The molecule has 2 aromatic rings. The molecule has 0 spiro atoms. The smallest absolute Gasteiger partial charge is 0.240 e. The van der Waals surface area contributed by atoms with E-state index in [2.05, 4.69) is 41.0 Å². The van der Waals surface area contributed by atoms with Crippen molar-refractivity contribution in [2.24, 2.45) is 0 Å². The zero-order chi connectivity index (χ0) is 18.6. The number of nitrogens with zero attached hydrogens (tertiary/aromatic N) is 1. The van der Waals surface area contributed by atoms with Gasteiger partial charge in [0, 0.05) is 18.0 Å². The maximum atomic E-state index is 12.4. The lowest BCUT2D eigenvalue weighted by atomic mass is 9.95. The predicted octanol–water partition coefficient (Wildman–Crippen LogP) is 4.03. The van der Waals surface area contributed by atoms with Crippen molar-refractivity contribution < 1.29 is 8.42 Å². The highest BCUT2D eigenvalue weighted by atomic mass is 32.2. The van der Waals surface area contributed by atoms with Gasteiger partial charge in [0.05, 0.1) is 4.90 Å². The molecule has 0 aliphatic carbocycles. The largest absolute Gasteiger partial charge is 0.302 e. The number of hydrogen-bond acceptors (Lipinski definition) is 4. The maximum Gasteiger partial charge on any atom is 0.240 e. The number of hydrogen-bond donors (Lipinski definition) is 1. The highest BCUT2D eigenvalue weighted by molar-refractivity contribution is 7.89. The fourth-order valence-corrected chi connectivity index (χ4v) is 5.34. The number of nitrogens with one attached hydrogen (secondary N) is 1. The number of rotatable bonds is 7. The predicted molar refractivity (Wildman–Crippen MR) is 108 cm³/mol. The van der Waals surface area contributed by atoms with Gasteiger partial charge in [0.25, 0.3) is 0 Å². The Hall–Kier alpha value is -1.21. The van der Waals surface area contributed by atoms with E-state index < -0.39 is 10.0 Å². The zero-order valence-corrected chi connectivity index (χ0v) is 17.2. The quantitative estimate of drug-likeness (QED) is 0.774. The number of benzene rings is 1. The summed E-state index contributed by atoms with van der Waals surface area (Å²) in [6.07, 6.45) is 2.31. The van der Waals surface area contributed by atoms with Crippen LogP contribution in [-0.2, 0) is 10.0 Å². The van der Waals surface area contributed by atoms with E-state index in [4.69, 9.17) is 0 Å². The van der Waals surface area contributed by atoms with Gasteiger partial charge >= 0.3 is 0 Å². The Morgan fingerprint density at radius 3 is 2.42 bits per heavy atom. The summed E-state index contributed by atoms with van der Waals surface area (Å²) in [5, 5.41) is 2.14. The minimum absolute atomic E-state index is 0.346. The summed E-state index contributed by atoms with van der Waals surface area (Å²) in [4.78, 5) is 4.18. The van der Waals surface area contributed by atoms with Crippen LogP contribution in [-0.4, -0.2) is 39.5 Å². The first-order valence-corrected chi connectivity index (χ1v) is 11.7. The summed E-state index contributed by atoms with van der Waals surface area (Å²) in [5.41, 5.74) is 1.15. The molecule has 1 fully saturated rings. The first-order valence-electron chi connectivity index (χ1n) is 9.31. The molecule has 2 heterocycles. The van der Waals surface area contributed by atoms with Crippen molar-refractivity contribution in [3.63, 3.8) is 0 Å². The third-order valence-electron chi connectivity index (χ3n) is 5.11. The van der Waals surface area contributed by atoms with Gasteiger partial charge in [0.15, 0.2) is 0 Å². The number of likely N-dealkylation sites (tertiary alicyclic amines) is 1. The molecule has 0 saturated carbocycles. The van der Waals surface area contributed by atoms with Gasteiger partial charge in [-0.05, 0) is 66.9 Å². The topological polar surface area (TPSA) is 49.4 Å². The first-order chi connectivity index (χ1) is 12.5. The normalized spacial score (nSPS) is 17.0. The fraction of sp³-hybridized carbons (Fsp3) is 0.500. The average molecular weight is 393 g/mol. The van der Waals surface area contributed by atoms with E-state index in [1.54, 1.807) is 12.1 Å². The third-order valence-corrected chi connectivity index (χ3v) is 7.62. The van der Waals surface area contributed by atoms with Gasteiger partial charge in [0.1, 0.15) is 0 Å². The molecule has 1 aliphatic rings. The van der Waals surface area contributed by atoms with Crippen LogP contribution >= 0.6 is 11.3 Å². The summed E-state index contributed by atoms with van der Waals surface area (Å²) >= 11 is 1.84. The van der Waals surface area contributed by atoms with E-state index in [0.29, 0.717) is 23.3 Å². The molecule has 0 unspecified atom stereocenters. The Balaban J connectivity index is 1.45. The SMILES string of the molecule is CC(C)c1ccc(S(=O)(=O)NCCN2CCC(c3cccs3)CC2)cc1. The van der Waals surface area contributed by atoms with Crippen LogP contribution in [0.1, 0.15) is 49.0 Å². The Morgan fingerprint density at radius 1 is 1.15 bits per heavy atom. The molecule has 1 N–H and O–H groups in total. The molecule has 1 aromatic carbocycles. The van der Waals surface area contributed by atoms with Crippen LogP contribution in [0.25, 0.3) is 0 Å². The van der Waals surface area contributed by atoms with E-state index >= 15 is 0 Å². The molecule has 26 heavy (non-hydrogen) atoms. The van der Waals surface area contributed by atoms with Crippen LogP contribution in [0.3, 0.4) is 0 Å². The summed E-state index contributed by atoms with van der Waals surface area (Å²) in [6.45, 7) is 7.49. The number of thiophene rings is 1. The summed E-state index contributed by atoms with van der Waals surface area (Å²) in [5.74, 6) is 1.07. The van der Waals surface area contributed by atoms with Gasteiger partial charge in [-0.3, -0.25) is 0 Å². The molecule has 0 radical (unpaired) electrons. The third kappa shape index (κ3) is 4.94. The van der Waals surface area contributed by atoms with Crippen LogP contribution in [0.2, 0.25) is 0 Å². The molecule has 4 nitrogen and oxygen atoms in total. The molecule has 142 valence electrons. The van der Waals surface area contributed by atoms with E-state index in [1.807, 2.05) is 23.5 Å². The summed E-state index contributed by atoms with van der Waals surface area (Å²) < 4.78 is 27.6. The van der Waals surface area contributed by atoms with Crippen LogP contribution in [0.15, 0.2) is 46.7 Å². The van der Waals surface area contributed by atoms with Crippen molar-refractivity contribution >= 4 is 21.4 Å². The van der Waals surface area contributed by atoms with E-state index in [-0.39, 0.29) is 0 Å². The molecule has 1 aromatic heterocycles. The van der Waals surface area contributed by atoms with Crippen LogP contribution in [0.4, 0.5) is 0 Å².